The van der Waals surface area contributed by atoms with E-state index in [9.17, 15) is 14.7 Å². The maximum absolute atomic E-state index is 13.2. The normalized spacial score (nSPS) is 12.0. The maximum Gasteiger partial charge on any atom is 0.337 e. The molecule has 0 spiro atoms. The Morgan fingerprint density at radius 1 is 1.06 bits per heavy atom. The van der Waals surface area contributed by atoms with E-state index in [4.69, 9.17) is 4.98 Å². The highest BCUT2D eigenvalue weighted by Gasteiger charge is 2.19. The van der Waals surface area contributed by atoms with Crippen LogP contribution in [0.5, 0.6) is 0 Å². The van der Waals surface area contributed by atoms with E-state index >= 15 is 0 Å². The van der Waals surface area contributed by atoms with Crippen LogP contribution >= 0.6 is 0 Å². The smallest absolute Gasteiger partial charge is 0.337 e. The number of carboxylic acid groups (broad SMARTS) is 1. The zero-order chi connectivity index (χ0) is 22.1. The summed E-state index contributed by atoms with van der Waals surface area (Å²) in [7, 11) is 1.73. The van der Waals surface area contributed by atoms with Gasteiger partial charge in [0.15, 0.2) is 0 Å². The van der Waals surface area contributed by atoms with Crippen molar-refractivity contribution in [2.45, 2.75) is 19.9 Å². The number of para-hydroxylation sites is 1. The van der Waals surface area contributed by atoms with Gasteiger partial charge in [-0.2, -0.15) is 0 Å². The molecule has 4 aromatic rings. The first-order chi connectivity index (χ1) is 14.9. The Labute approximate surface area is 179 Å². The third kappa shape index (κ3) is 3.80. The van der Waals surface area contributed by atoms with E-state index in [1.807, 2.05) is 56.3 Å². The highest BCUT2D eigenvalue weighted by molar-refractivity contribution is 5.94. The van der Waals surface area contributed by atoms with Crippen LogP contribution in [0.2, 0.25) is 0 Å². The monoisotopic (exact) mass is 413 g/mol. The van der Waals surface area contributed by atoms with Crippen LogP contribution in [0.1, 0.15) is 34.5 Å². The Balaban J connectivity index is 1.89. The number of carboxylic acids is 1. The summed E-state index contributed by atoms with van der Waals surface area (Å²) in [6, 6.07) is 19.9. The van der Waals surface area contributed by atoms with Crippen LogP contribution in [0.15, 0.2) is 71.5 Å². The summed E-state index contributed by atoms with van der Waals surface area (Å²) in [5, 5.41) is 13.3. The molecule has 0 unspecified atom stereocenters. The number of nitrogens with zero attached hydrogens (tertiary/aromatic N) is 2. The summed E-state index contributed by atoms with van der Waals surface area (Å²) < 4.78 is 1.57. The minimum absolute atomic E-state index is 0.119. The molecule has 6 heteroatoms. The predicted molar refractivity (Wildman–Crippen MR) is 123 cm³/mol. The van der Waals surface area contributed by atoms with Crippen molar-refractivity contribution in [1.82, 2.24) is 9.55 Å². The van der Waals surface area contributed by atoms with Crippen LogP contribution in [0, 0.1) is 6.92 Å². The summed E-state index contributed by atoms with van der Waals surface area (Å²) in [6.45, 7) is 3.87. The van der Waals surface area contributed by atoms with E-state index in [1.165, 1.54) is 0 Å². The summed E-state index contributed by atoms with van der Waals surface area (Å²) in [5.41, 5.74) is 3.84. The molecule has 156 valence electrons. The lowest BCUT2D eigenvalue weighted by atomic mass is 10.00. The molecule has 0 aliphatic carbocycles. The van der Waals surface area contributed by atoms with Crippen LogP contribution in [-0.4, -0.2) is 20.6 Å². The number of rotatable bonds is 5. The molecule has 31 heavy (non-hydrogen) atoms. The van der Waals surface area contributed by atoms with Crippen molar-refractivity contribution in [2.75, 3.05) is 5.32 Å². The molecular formula is C25H23N3O3. The molecule has 0 aliphatic rings. The van der Waals surface area contributed by atoms with Crippen LogP contribution in [0.4, 0.5) is 5.69 Å². The first-order valence-corrected chi connectivity index (χ1v) is 10.0. The van der Waals surface area contributed by atoms with Crippen LogP contribution in [0.3, 0.4) is 0 Å². The second kappa shape index (κ2) is 8.07. The Morgan fingerprint density at radius 3 is 2.45 bits per heavy atom. The Bertz CT molecular complexity index is 1340. The molecule has 4 rings (SSSR count). The summed E-state index contributed by atoms with van der Waals surface area (Å²) >= 11 is 0. The Kier molecular flexibility index (Phi) is 5.29. The van der Waals surface area contributed by atoms with Crippen molar-refractivity contribution in [3.63, 3.8) is 0 Å². The number of fused-ring (bicyclic) bond motifs is 1. The number of aryl methyl sites for hydroxylation is 1. The number of benzene rings is 3. The molecule has 3 aromatic carbocycles. The van der Waals surface area contributed by atoms with E-state index in [0.29, 0.717) is 22.4 Å². The second-order valence-corrected chi connectivity index (χ2v) is 7.63. The molecule has 0 radical (unpaired) electrons. The summed E-state index contributed by atoms with van der Waals surface area (Å²) in [6.07, 6.45) is 0. The zero-order valence-electron chi connectivity index (χ0n) is 17.6. The number of anilines is 1. The minimum Gasteiger partial charge on any atom is -0.478 e. The van der Waals surface area contributed by atoms with Gasteiger partial charge in [-0.3, -0.25) is 9.36 Å². The largest absolute Gasteiger partial charge is 0.478 e. The van der Waals surface area contributed by atoms with Crippen molar-refractivity contribution < 1.29 is 9.90 Å². The average Bonchev–Trinajstić information content (AvgIpc) is 2.77. The summed E-state index contributed by atoms with van der Waals surface area (Å²) in [4.78, 5) is 29.6. The third-order valence-electron chi connectivity index (χ3n) is 5.38. The van der Waals surface area contributed by atoms with Gasteiger partial charge in [0, 0.05) is 23.9 Å². The molecule has 0 fully saturated rings. The van der Waals surface area contributed by atoms with Gasteiger partial charge in [-0.05, 0) is 37.6 Å². The highest BCUT2D eigenvalue weighted by atomic mass is 16.4. The first kappa shape index (κ1) is 20.3. The molecule has 2 N–H and O–H groups in total. The van der Waals surface area contributed by atoms with E-state index in [2.05, 4.69) is 5.32 Å². The van der Waals surface area contributed by atoms with Crippen molar-refractivity contribution in [3.8, 4) is 11.4 Å². The van der Waals surface area contributed by atoms with Gasteiger partial charge in [0.1, 0.15) is 5.82 Å². The topological polar surface area (TPSA) is 84.2 Å². The standard InChI is InChI=1S/C25H23N3O3/c1-15-13-19(16(2)26-21-12-8-7-11-18(21)25(30)31)22-20(14-15)24(29)28(3)23(27-22)17-9-5-4-6-10-17/h4-14,16,26H,1-3H3,(H,30,31)/t16-/m1/s1. The van der Waals surface area contributed by atoms with Gasteiger partial charge in [0.05, 0.1) is 22.5 Å². The predicted octanol–water partition coefficient (Wildman–Crippen LogP) is 4.78. The van der Waals surface area contributed by atoms with Crippen molar-refractivity contribution in [2.24, 2.45) is 7.05 Å². The molecule has 0 amide bonds. The molecule has 0 bridgehead atoms. The number of aromatic nitrogens is 2. The van der Waals surface area contributed by atoms with Crippen LogP contribution < -0.4 is 10.9 Å². The summed E-state index contributed by atoms with van der Waals surface area (Å²) in [5.74, 6) is -0.413. The molecule has 6 nitrogen and oxygen atoms in total. The van der Waals surface area contributed by atoms with Gasteiger partial charge >= 0.3 is 5.97 Å². The van der Waals surface area contributed by atoms with Gasteiger partial charge in [-0.1, -0.05) is 48.5 Å². The van der Waals surface area contributed by atoms with Crippen LogP contribution in [-0.2, 0) is 7.05 Å². The van der Waals surface area contributed by atoms with Gasteiger partial charge < -0.3 is 10.4 Å². The van der Waals surface area contributed by atoms with Gasteiger partial charge in [0.25, 0.3) is 5.56 Å². The maximum atomic E-state index is 13.2. The number of hydrogen-bond acceptors (Lipinski definition) is 4. The van der Waals surface area contributed by atoms with Crippen molar-refractivity contribution in [3.05, 3.63) is 93.8 Å². The lowest BCUT2D eigenvalue weighted by Crippen LogP contribution is -2.22. The molecule has 0 aliphatic heterocycles. The molecular weight excluding hydrogens is 390 g/mol. The van der Waals surface area contributed by atoms with Crippen molar-refractivity contribution in [1.29, 1.82) is 0 Å². The van der Waals surface area contributed by atoms with Gasteiger partial charge in [0.2, 0.25) is 0 Å². The Morgan fingerprint density at radius 2 is 1.74 bits per heavy atom. The number of nitrogens with one attached hydrogen (secondary N) is 1. The molecule has 1 heterocycles. The van der Waals surface area contributed by atoms with E-state index in [1.54, 1.807) is 35.9 Å². The number of carbonyl (C=O) groups is 1. The third-order valence-corrected chi connectivity index (χ3v) is 5.38. The molecule has 1 aromatic heterocycles. The van der Waals surface area contributed by atoms with Gasteiger partial charge in [-0.15, -0.1) is 0 Å². The molecule has 0 saturated heterocycles. The lowest BCUT2D eigenvalue weighted by molar-refractivity contribution is 0.0698. The molecule has 1 atom stereocenters. The SMILES string of the molecule is Cc1cc([C@@H](C)Nc2ccccc2C(=O)O)c2nc(-c3ccccc3)n(C)c(=O)c2c1. The van der Waals surface area contributed by atoms with Crippen LogP contribution in [0.25, 0.3) is 22.3 Å². The van der Waals surface area contributed by atoms with E-state index in [0.717, 1.165) is 16.7 Å². The fourth-order valence-corrected chi connectivity index (χ4v) is 3.83. The number of hydrogen-bond donors (Lipinski definition) is 2. The average molecular weight is 413 g/mol. The van der Waals surface area contributed by atoms with E-state index in [-0.39, 0.29) is 17.2 Å². The second-order valence-electron chi connectivity index (χ2n) is 7.63. The fourth-order valence-electron chi connectivity index (χ4n) is 3.83. The quantitative estimate of drug-likeness (QED) is 0.492. The zero-order valence-corrected chi connectivity index (χ0v) is 17.6. The first-order valence-electron chi connectivity index (χ1n) is 10.0. The number of aromatic carboxylic acids is 1. The lowest BCUT2D eigenvalue weighted by Gasteiger charge is -2.20. The highest BCUT2D eigenvalue weighted by Crippen LogP contribution is 2.29. The van der Waals surface area contributed by atoms with E-state index < -0.39 is 5.97 Å². The molecule has 0 saturated carbocycles. The fraction of sp³-hybridized carbons (Fsp3) is 0.160. The minimum atomic E-state index is -0.997. The van der Waals surface area contributed by atoms with Crippen molar-refractivity contribution >= 4 is 22.6 Å². The Hall–Kier alpha value is -3.93. The van der Waals surface area contributed by atoms with Gasteiger partial charge in [-0.25, -0.2) is 9.78 Å².